The molecule has 1 saturated heterocycles. The van der Waals surface area contributed by atoms with Crippen LogP contribution in [-0.4, -0.2) is 69.1 Å². The van der Waals surface area contributed by atoms with Gasteiger partial charge in [-0.1, -0.05) is 6.92 Å². The second-order valence-corrected chi connectivity index (χ2v) is 7.33. The third-order valence-corrected chi connectivity index (χ3v) is 5.48. The van der Waals surface area contributed by atoms with Gasteiger partial charge in [0.15, 0.2) is 5.96 Å². The maximum Gasteiger partial charge on any atom is 0.191 e. The lowest BCUT2D eigenvalue weighted by Gasteiger charge is -2.21. The lowest BCUT2D eigenvalue weighted by atomic mass is 10.3. The van der Waals surface area contributed by atoms with Gasteiger partial charge in [-0.15, -0.1) is 35.3 Å². The van der Waals surface area contributed by atoms with Crippen molar-refractivity contribution < 1.29 is 0 Å². The molecule has 0 bridgehead atoms. The molecule has 24 heavy (non-hydrogen) atoms. The van der Waals surface area contributed by atoms with Crippen LogP contribution in [0, 0.1) is 0 Å². The van der Waals surface area contributed by atoms with Gasteiger partial charge in [0.25, 0.3) is 0 Å². The number of hydrogen-bond acceptors (Lipinski definition) is 4. The van der Waals surface area contributed by atoms with Crippen LogP contribution in [0.2, 0.25) is 0 Å². The van der Waals surface area contributed by atoms with Gasteiger partial charge in [-0.05, 0) is 45.1 Å². The molecule has 0 amide bonds. The van der Waals surface area contributed by atoms with Crippen LogP contribution in [0.5, 0.6) is 0 Å². The summed E-state index contributed by atoms with van der Waals surface area (Å²) in [6.45, 7) is 9.82. The highest BCUT2D eigenvalue weighted by Crippen LogP contribution is 2.16. The molecule has 7 heteroatoms. The fourth-order valence-corrected chi connectivity index (χ4v) is 3.65. The highest BCUT2D eigenvalue weighted by Gasteiger charge is 2.11. The van der Waals surface area contributed by atoms with Crippen LogP contribution in [0.1, 0.15) is 23.1 Å². The Balaban J connectivity index is 0.00000288. The van der Waals surface area contributed by atoms with Gasteiger partial charge in [0.2, 0.25) is 0 Å². The van der Waals surface area contributed by atoms with Crippen LogP contribution in [-0.2, 0) is 13.0 Å². The topological polar surface area (TPSA) is 42.9 Å². The van der Waals surface area contributed by atoms with Gasteiger partial charge < -0.3 is 20.4 Å². The first-order chi connectivity index (χ1) is 11.2. The van der Waals surface area contributed by atoms with Crippen LogP contribution in [0.3, 0.4) is 0 Å². The number of aryl methyl sites for hydroxylation is 1. The molecule has 0 atom stereocenters. The van der Waals surface area contributed by atoms with E-state index in [0.717, 1.165) is 32.0 Å². The molecule has 5 nitrogen and oxygen atoms in total. The average Bonchev–Trinajstić information content (AvgIpc) is 2.93. The van der Waals surface area contributed by atoms with Crippen LogP contribution < -0.4 is 10.6 Å². The highest BCUT2D eigenvalue weighted by molar-refractivity contribution is 14.0. The van der Waals surface area contributed by atoms with E-state index >= 15 is 0 Å². The maximum atomic E-state index is 4.32. The van der Waals surface area contributed by atoms with Crippen molar-refractivity contribution in [1.29, 1.82) is 0 Å². The van der Waals surface area contributed by atoms with Crippen molar-refractivity contribution in [1.82, 2.24) is 20.4 Å². The molecule has 138 valence electrons. The van der Waals surface area contributed by atoms with E-state index in [1.165, 1.54) is 42.4 Å². The molecular weight excluding hydrogens is 433 g/mol. The summed E-state index contributed by atoms with van der Waals surface area (Å²) in [7, 11) is 4.05. The number of halogens is 1. The minimum Gasteiger partial charge on any atom is -0.355 e. The normalized spacial score (nSPS) is 17.2. The van der Waals surface area contributed by atoms with E-state index in [9.17, 15) is 0 Å². The summed E-state index contributed by atoms with van der Waals surface area (Å²) >= 11 is 1.88. The van der Waals surface area contributed by atoms with Gasteiger partial charge in [-0.3, -0.25) is 4.99 Å². The van der Waals surface area contributed by atoms with Crippen molar-refractivity contribution in [2.24, 2.45) is 4.99 Å². The quantitative estimate of drug-likeness (QED) is 0.384. The van der Waals surface area contributed by atoms with E-state index in [0.29, 0.717) is 0 Å². The number of aliphatic imine (C=N–C) groups is 1. The van der Waals surface area contributed by atoms with Crippen LogP contribution in [0.15, 0.2) is 17.1 Å². The van der Waals surface area contributed by atoms with Gasteiger partial charge in [0.1, 0.15) is 0 Å². The van der Waals surface area contributed by atoms with Crippen molar-refractivity contribution in [2.45, 2.75) is 26.3 Å². The van der Waals surface area contributed by atoms with Crippen molar-refractivity contribution in [3.8, 4) is 0 Å². The molecule has 1 fully saturated rings. The van der Waals surface area contributed by atoms with Gasteiger partial charge >= 0.3 is 0 Å². The highest BCUT2D eigenvalue weighted by atomic mass is 127. The molecule has 2 rings (SSSR count). The lowest BCUT2D eigenvalue weighted by Crippen LogP contribution is -2.41. The Morgan fingerprint density at radius 1 is 1.17 bits per heavy atom. The van der Waals surface area contributed by atoms with Crippen molar-refractivity contribution in [3.63, 3.8) is 0 Å². The fraction of sp³-hybridized carbons (Fsp3) is 0.706. The van der Waals surface area contributed by atoms with Gasteiger partial charge in [-0.25, -0.2) is 0 Å². The molecule has 0 unspecified atom stereocenters. The number of nitrogens with zero attached hydrogens (tertiary/aromatic N) is 3. The Morgan fingerprint density at radius 2 is 1.96 bits per heavy atom. The zero-order valence-corrected chi connectivity index (χ0v) is 18.3. The number of thiophene rings is 1. The molecule has 0 aromatic carbocycles. The Hall–Kier alpha value is -0.380. The van der Waals surface area contributed by atoms with E-state index < -0.39 is 0 Å². The number of nitrogens with one attached hydrogen (secondary N) is 2. The van der Waals surface area contributed by atoms with Crippen molar-refractivity contribution in [2.75, 3.05) is 53.4 Å². The van der Waals surface area contributed by atoms with Crippen LogP contribution >= 0.6 is 35.3 Å². The van der Waals surface area contributed by atoms with Gasteiger partial charge in [-0.2, -0.15) is 0 Å². The summed E-state index contributed by atoms with van der Waals surface area (Å²) < 4.78 is 0. The first-order valence-corrected chi connectivity index (χ1v) is 9.46. The molecule has 1 aromatic rings. The van der Waals surface area contributed by atoms with Crippen molar-refractivity contribution >= 4 is 41.3 Å². The molecule has 1 aliphatic heterocycles. The molecule has 1 aliphatic rings. The zero-order valence-electron chi connectivity index (χ0n) is 15.2. The molecule has 2 heterocycles. The van der Waals surface area contributed by atoms with Gasteiger partial charge in [0, 0.05) is 43.0 Å². The Morgan fingerprint density at radius 3 is 2.67 bits per heavy atom. The number of hydrogen-bond donors (Lipinski definition) is 2. The minimum atomic E-state index is 0. The standard InChI is InChI=1S/C17H31N5S.HI/c1-4-15-6-7-16(23-15)14-20-17(18-2)19-8-11-22-10-5-9-21(3)12-13-22;/h6-7H,4-5,8-14H2,1-3H3,(H2,18,19,20);1H. The number of likely N-dealkylation sites (N-methyl/N-ethyl adjacent to an activating group) is 1. The summed E-state index contributed by atoms with van der Waals surface area (Å²) in [6.07, 6.45) is 2.38. The summed E-state index contributed by atoms with van der Waals surface area (Å²) in [4.78, 5) is 12.1. The average molecular weight is 465 g/mol. The molecular formula is C17H32IN5S. The molecule has 0 spiro atoms. The second kappa shape index (κ2) is 12.1. The van der Waals surface area contributed by atoms with E-state index in [4.69, 9.17) is 0 Å². The van der Waals surface area contributed by atoms with Gasteiger partial charge in [0.05, 0.1) is 6.54 Å². The van der Waals surface area contributed by atoms with Crippen LogP contribution in [0.4, 0.5) is 0 Å². The third kappa shape index (κ3) is 7.67. The first kappa shape index (κ1) is 21.7. The predicted molar refractivity (Wildman–Crippen MR) is 116 cm³/mol. The van der Waals surface area contributed by atoms with E-state index in [-0.39, 0.29) is 24.0 Å². The largest absolute Gasteiger partial charge is 0.355 e. The minimum absolute atomic E-state index is 0. The number of guanidine groups is 1. The smallest absolute Gasteiger partial charge is 0.191 e. The van der Waals surface area contributed by atoms with E-state index in [1.54, 1.807) is 0 Å². The van der Waals surface area contributed by atoms with Crippen LogP contribution in [0.25, 0.3) is 0 Å². The van der Waals surface area contributed by atoms with E-state index in [2.05, 4.69) is 51.5 Å². The first-order valence-electron chi connectivity index (χ1n) is 8.64. The lowest BCUT2D eigenvalue weighted by molar-refractivity contribution is 0.280. The Kier molecular flexibility index (Phi) is 10.9. The Labute approximate surface area is 167 Å². The summed E-state index contributed by atoms with van der Waals surface area (Å²) in [5.74, 6) is 0.892. The molecule has 0 radical (unpaired) electrons. The number of rotatable bonds is 6. The Bertz CT molecular complexity index is 491. The van der Waals surface area contributed by atoms with E-state index in [1.807, 2.05) is 18.4 Å². The second-order valence-electron chi connectivity index (χ2n) is 6.07. The summed E-state index contributed by atoms with van der Waals surface area (Å²) in [5.41, 5.74) is 0. The summed E-state index contributed by atoms with van der Waals surface area (Å²) in [5, 5.41) is 6.83. The summed E-state index contributed by atoms with van der Waals surface area (Å²) in [6, 6.07) is 4.42. The predicted octanol–water partition coefficient (Wildman–Crippen LogP) is 2.23. The van der Waals surface area contributed by atoms with Crippen molar-refractivity contribution in [3.05, 3.63) is 21.9 Å². The monoisotopic (exact) mass is 465 g/mol. The fourth-order valence-electron chi connectivity index (χ4n) is 2.75. The third-order valence-electron chi connectivity index (χ3n) is 4.25. The molecule has 1 aromatic heterocycles. The SMILES string of the molecule is CCc1ccc(CNC(=NC)NCCN2CCCN(C)CC2)s1.I. The molecule has 2 N–H and O–H groups in total. The molecule has 0 aliphatic carbocycles. The maximum absolute atomic E-state index is 4.32. The zero-order chi connectivity index (χ0) is 16.5. The molecule has 0 saturated carbocycles.